The summed E-state index contributed by atoms with van der Waals surface area (Å²) in [6.45, 7) is 3.85. The van der Waals surface area contributed by atoms with Crippen LogP contribution in [0.3, 0.4) is 0 Å². The lowest BCUT2D eigenvalue weighted by molar-refractivity contribution is 0.184. The highest BCUT2D eigenvalue weighted by molar-refractivity contribution is 5.95. The van der Waals surface area contributed by atoms with Gasteiger partial charge in [-0.1, -0.05) is 24.6 Å². The quantitative estimate of drug-likeness (QED) is 0.747. The highest BCUT2D eigenvalue weighted by Crippen LogP contribution is 2.23. The Kier molecular flexibility index (Phi) is 4.22. The lowest BCUT2D eigenvalue weighted by Gasteiger charge is -2.26. The monoisotopic (exact) mass is 322 g/mol. The van der Waals surface area contributed by atoms with Crippen molar-refractivity contribution in [3.8, 4) is 5.75 Å². The summed E-state index contributed by atoms with van der Waals surface area (Å²) in [4.78, 5) is 18.6. The van der Waals surface area contributed by atoms with Crippen LogP contribution in [0, 0.1) is 0 Å². The Hall–Kier alpha value is -2.33. The molecule has 4 nitrogen and oxygen atoms in total. The van der Waals surface area contributed by atoms with Gasteiger partial charge < -0.3 is 9.72 Å². The van der Waals surface area contributed by atoms with Crippen LogP contribution in [0.25, 0.3) is 21.8 Å². The fourth-order valence-electron chi connectivity index (χ4n) is 3.53. The van der Waals surface area contributed by atoms with Crippen LogP contribution >= 0.6 is 0 Å². The van der Waals surface area contributed by atoms with Crippen LogP contribution in [0.4, 0.5) is 0 Å². The lowest BCUT2D eigenvalue weighted by atomic mass is 10.1. The molecule has 1 aliphatic rings. The number of aromatic amines is 1. The van der Waals surface area contributed by atoms with Crippen molar-refractivity contribution in [3.63, 3.8) is 0 Å². The predicted molar refractivity (Wildman–Crippen MR) is 97.9 cm³/mol. The average molecular weight is 322 g/mol. The number of benzene rings is 2. The molecule has 2 heterocycles. The Labute approximate surface area is 141 Å². The van der Waals surface area contributed by atoms with Gasteiger partial charge in [-0.2, -0.15) is 0 Å². The molecule has 0 amide bonds. The van der Waals surface area contributed by atoms with Gasteiger partial charge in [0.05, 0.1) is 10.9 Å². The highest BCUT2D eigenvalue weighted by Gasteiger charge is 2.12. The van der Waals surface area contributed by atoms with Gasteiger partial charge in [-0.25, -0.2) is 0 Å². The van der Waals surface area contributed by atoms with Crippen LogP contribution in [0.2, 0.25) is 0 Å². The molecule has 0 radical (unpaired) electrons. The molecule has 0 aliphatic carbocycles. The number of ether oxygens (including phenoxy) is 1. The van der Waals surface area contributed by atoms with E-state index in [1.54, 1.807) is 0 Å². The van der Waals surface area contributed by atoms with Crippen molar-refractivity contribution >= 4 is 21.8 Å². The van der Waals surface area contributed by atoms with Crippen molar-refractivity contribution < 1.29 is 4.74 Å². The van der Waals surface area contributed by atoms with E-state index in [2.05, 4.69) is 9.88 Å². The van der Waals surface area contributed by atoms with Gasteiger partial charge in [0.2, 0.25) is 5.43 Å². The second kappa shape index (κ2) is 6.65. The van der Waals surface area contributed by atoms with Gasteiger partial charge in [0.15, 0.2) is 0 Å². The van der Waals surface area contributed by atoms with Gasteiger partial charge in [-0.05, 0) is 50.2 Å². The highest BCUT2D eigenvalue weighted by atomic mass is 16.5. The van der Waals surface area contributed by atoms with Crippen molar-refractivity contribution in [2.24, 2.45) is 0 Å². The van der Waals surface area contributed by atoms with Crippen LogP contribution in [-0.2, 0) is 0 Å². The SMILES string of the molecule is O=c1c2ccccc2[nH]c2cccc(OCCN3CCCCC3)c12. The summed E-state index contributed by atoms with van der Waals surface area (Å²) in [7, 11) is 0. The first-order valence-electron chi connectivity index (χ1n) is 8.72. The van der Waals surface area contributed by atoms with Crippen LogP contribution < -0.4 is 10.2 Å². The molecule has 0 atom stereocenters. The number of fused-ring (bicyclic) bond motifs is 2. The predicted octanol–water partition coefficient (Wildman–Crippen LogP) is 3.55. The first kappa shape index (κ1) is 15.2. The molecule has 1 aliphatic heterocycles. The Morgan fingerprint density at radius 3 is 2.62 bits per heavy atom. The molecule has 0 spiro atoms. The van der Waals surface area contributed by atoms with E-state index in [4.69, 9.17) is 4.74 Å². The summed E-state index contributed by atoms with van der Waals surface area (Å²) < 4.78 is 5.99. The Morgan fingerprint density at radius 2 is 1.75 bits per heavy atom. The van der Waals surface area contributed by atoms with Crippen molar-refractivity contribution in [1.82, 2.24) is 9.88 Å². The number of pyridine rings is 1. The normalized spacial score (nSPS) is 15.8. The van der Waals surface area contributed by atoms with Crippen molar-refractivity contribution in [3.05, 3.63) is 52.7 Å². The summed E-state index contributed by atoms with van der Waals surface area (Å²) in [6, 6.07) is 13.4. The molecule has 2 aromatic carbocycles. The number of aromatic nitrogens is 1. The van der Waals surface area contributed by atoms with E-state index in [0.29, 0.717) is 23.1 Å². The van der Waals surface area contributed by atoms with E-state index < -0.39 is 0 Å². The van der Waals surface area contributed by atoms with Crippen LogP contribution in [0.1, 0.15) is 19.3 Å². The minimum Gasteiger partial charge on any atom is -0.491 e. The minimum atomic E-state index is 0.0351. The molecular formula is C20H22N2O2. The molecule has 0 unspecified atom stereocenters. The maximum absolute atomic E-state index is 12.9. The third-order valence-corrected chi connectivity index (χ3v) is 4.81. The molecule has 0 bridgehead atoms. The van der Waals surface area contributed by atoms with Gasteiger partial charge >= 0.3 is 0 Å². The standard InChI is InChI=1S/C20H22N2O2/c23-20-15-7-2-3-8-16(15)21-17-9-6-10-18(19(17)20)24-14-13-22-11-4-1-5-12-22/h2-3,6-10H,1,4-5,11-14H2,(H,21,23). The van der Waals surface area contributed by atoms with Gasteiger partial charge in [-0.15, -0.1) is 0 Å². The number of rotatable bonds is 4. The van der Waals surface area contributed by atoms with Crippen LogP contribution in [-0.4, -0.2) is 36.1 Å². The number of hydrogen-bond donors (Lipinski definition) is 1. The average Bonchev–Trinajstić information content (AvgIpc) is 2.63. The van der Waals surface area contributed by atoms with Crippen molar-refractivity contribution in [1.29, 1.82) is 0 Å². The fraction of sp³-hybridized carbons (Fsp3) is 0.350. The van der Waals surface area contributed by atoms with E-state index in [9.17, 15) is 4.79 Å². The molecule has 1 aromatic heterocycles. The Morgan fingerprint density at radius 1 is 0.958 bits per heavy atom. The van der Waals surface area contributed by atoms with Crippen molar-refractivity contribution in [2.75, 3.05) is 26.2 Å². The molecule has 1 saturated heterocycles. The number of hydrogen-bond acceptors (Lipinski definition) is 3. The van der Waals surface area contributed by atoms with E-state index in [-0.39, 0.29) is 5.43 Å². The maximum Gasteiger partial charge on any atom is 0.200 e. The summed E-state index contributed by atoms with van der Waals surface area (Å²) in [5.74, 6) is 0.677. The molecule has 3 aromatic rings. The number of likely N-dealkylation sites (tertiary alicyclic amines) is 1. The zero-order valence-electron chi connectivity index (χ0n) is 13.8. The summed E-state index contributed by atoms with van der Waals surface area (Å²) in [6.07, 6.45) is 3.89. The summed E-state index contributed by atoms with van der Waals surface area (Å²) in [5, 5.41) is 1.35. The molecular weight excluding hydrogens is 300 g/mol. The number of nitrogens with zero attached hydrogens (tertiary/aromatic N) is 1. The molecule has 24 heavy (non-hydrogen) atoms. The number of H-pyrrole nitrogens is 1. The van der Waals surface area contributed by atoms with E-state index in [1.165, 1.54) is 19.3 Å². The molecule has 4 rings (SSSR count). The molecule has 4 heteroatoms. The van der Waals surface area contributed by atoms with Crippen LogP contribution in [0.5, 0.6) is 5.75 Å². The lowest BCUT2D eigenvalue weighted by Crippen LogP contribution is -2.33. The van der Waals surface area contributed by atoms with Gasteiger partial charge in [0, 0.05) is 17.4 Å². The number of para-hydroxylation sites is 1. The zero-order chi connectivity index (χ0) is 16.4. The Bertz CT molecular complexity index is 910. The molecule has 124 valence electrons. The number of nitrogens with one attached hydrogen (secondary N) is 1. The zero-order valence-corrected chi connectivity index (χ0v) is 13.8. The van der Waals surface area contributed by atoms with Gasteiger partial charge in [0.1, 0.15) is 12.4 Å². The smallest absolute Gasteiger partial charge is 0.200 e. The van der Waals surface area contributed by atoms with Crippen LogP contribution in [0.15, 0.2) is 47.3 Å². The minimum absolute atomic E-state index is 0.0351. The third kappa shape index (κ3) is 2.89. The van der Waals surface area contributed by atoms with E-state index in [0.717, 1.165) is 30.7 Å². The first-order valence-corrected chi connectivity index (χ1v) is 8.72. The maximum atomic E-state index is 12.9. The van der Waals surface area contributed by atoms with Gasteiger partial charge in [-0.3, -0.25) is 9.69 Å². The molecule has 1 fully saturated rings. The fourth-order valence-corrected chi connectivity index (χ4v) is 3.53. The largest absolute Gasteiger partial charge is 0.491 e. The Balaban J connectivity index is 1.63. The summed E-state index contributed by atoms with van der Waals surface area (Å²) >= 11 is 0. The molecule has 1 N–H and O–H groups in total. The third-order valence-electron chi connectivity index (χ3n) is 4.81. The second-order valence-electron chi connectivity index (χ2n) is 6.43. The van der Waals surface area contributed by atoms with Crippen molar-refractivity contribution in [2.45, 2.75) is 19.3 Å². The first-order chi connectivity index (χ1) is 11.8. The molecule has 0 saturated carbocycles. The van der Waals surface area contributed by atoms with E-state index >= 15 is 0 Å². The topological polar surface area (TPSA) is 45.3 Å². The van der Waals surface area contributed by atoms with Gasteiger partial charge in [0.25, 0.3) is 0 Å². The summed E-state index contributed by atoms with van der Waals surface area (Å²) in [5.41, 5.74) is 1.72. The number of piperidine rings is 1. The second-order valence-corrected chi connectivity index (χ2v) is 6.43. The van der Waals surface area contributed by atoms with E-state index in [1.807, 2.05) is 42.5 Å².